The zero-order chi connectivity index (χ0) is 15.8. The van der Waals surface area contributed by atoms with E-state index in [0.29, 0.717) is 24.1 Å². The van der Waals surface area contributed by atoms with E-state index >= 15 is 0 Å². The second-order valence-corrected chi connectivity index (χ2v) is 6.58. The van der Waals surface area contributed by atoms with Crippen LogP contribution in [0.2, 0.25) is 0 Å². The van der Waals surface area contributed by atoms with E-state index in [9.17, 15) is 9.59 Å². The molecule has 1 aromatic carbocycles. The predicted molar refractivity (Wildman–Crippen MR) is 90.2 cm³/mol. The van der Waals surface area contributed by atoms with Crippen LogP contribution in [0.25, 0.3) is 0 Å². The summed E-state index contributed by atoms with van der Waals surface area (Å²) in [6, 6.07) is 5.22. The van der Waals surface area contributed by atoms with Gasteiger partial charge in [-0.15, -0.1) is 0 Å². The summed E-state index contributed by atoms with van der Waals surface area (Å²) < 4.78 is 0.767. The third kappa shape index (κ3) is 2.62. The molecule has 0 radical (unpaired) electrons. The molecule has 4 nitrogen and oxygen atoms in total. The van der Waals surface area contributed by atoms with Crippen LogP contribution in [0.4, 0.5) is 5.69 Å². The van der Waals surface area contributed by atoms with Gasteiger partial charge in [-0.2, -0.15) is 0 Å². The quantitative estimate of drug-likeness (QED) is 0.654. The molecule has 0 unspecified atom stereocenters. The van der Waals surface area contributed by atoms with Crippen molar-refractivity contribution in [2.45, 2.75) is 33.1 Å². The van der Waals surface area contributed by atoms with Crippen molar-refractivity contribution in [1.29, 1.82) is 0 Å². The Morgan fingerprint density at radius 2 is 2.00 bits per heavy atom. The summed E-state index contributed by atoms with van der Waals surface area (Å²) in [5.41, 5.74) is 6.13. The van der Waals surface area contributed by atoms with Gasteiger partial charge in [0.05, 0.1) is 11.1 Å². The lowest BCUT2D eigenvalue weighted by Gasteiger charge is -2.24. The average Bonchev–Trinajstić information content (AvgIpc) is 2.69. The van der Waals surface area contributed by atoms with Crippen LogP contribution in [-0.2, 0) is 9.59 Å². The summed E-state index contributed by atoms with van der Waals surface area (Å²) in [5.74, 6) is -0.354. The third-order valence-electron chi connectivity index (χ3n) is 4.22. The minimum atomic E-state index is -0.604. The van der Waals surface area contributed by atoms with Crippen LogP contribution in [0.1, 0.15) is 38.7 Å². The number of thiocarbonyl (C=S) groups is 1. The van der Waals surface area contributed by atoms with Crippen LogP contribution < -0.4 is 10.6 Å². The minimum Gasteiger partial charge on any atom is -0.389 e. The molecule has 0 aliphatic carbocycles. The fourth-order valence-corrected chi connectivity index (χ4v) is 3.26. The Bertz CT molecular complexity index is 626. The Morgan fingerprint density at radius 1 is 1.38 bits per heavy atom. The van der Waals surface area contributed by atoms with Crippen LogP contribution in [0.5, 0.6) is 0 Å². The molecule has 0 spiro atoms. The normalized spacial score (nSPS) is 17.4. The monoisotopic (exact) mass is 368 g/mol. The SMILES string of the molecule is CCC1(CC)CC(=O)N(c2cc(Br)ccc2C(N)=S)C1=O. The molecule has 1 heterocycles. The van der Waals surface area contributed by atoms with Crippen molar-refractivity contribution in [2.75, 3.05) is 4.90 Å². The Morgan fingerprint density at radius 3 is 2.48 bits per heavy atom. The van der Waals surface area contributed by atoms with Crippen molar-refractivity contribution in [3.63, 3.8) is 0 Å². The smallest absolute Gasteiger partial charge is 0.240 e. The molecule has 0 bridgehead atoms. The molecule has 1 aliphatic rings. The second-order valence-electron chi connectivity index (χ2n) is 5.22. The van der Waals surface area contributed by atoms with Gasteiger partial charge in [-0.25, -0.2) is 4.90 Å². The molecule has 2 N–H and O–H groups in total. The summed E-state index contributed by atoms with van der Waals surface area (Å²) in [6.07, 6.45) is 1.52. The Labute approximate surface area is 137 Å². The van der Waals surface area contributed by atoms with Gasteiger partial charge in [-0.1, -0.05) is 42.0 Å². The maximum absolute atomic E-state index is 12.8. The topological polar surface area (TPSA) is 63.4 Å². The molecule has 0 atom stereocenters. The number of amides is 2. The summed E-state index contributed by atoms with van der Waals surface area (Å²) in [6.45, 7) is 3.88. The van der Waals surface area contributed by atoms with E-state index in [4.69, 9.17) is 18.0 Å². The first kappa shape index (κ1) is 16.1. The standard InChI is InChI=1S/C15H17BrN2O2S/c1-3-15(4-2)8-12(19)18(14(15)20)11-7-9(16)5-6-10(11)13(17)21/h5-7H,3-4,8H2,1-2H3,(H2,17,21). The molecule has 2 rings (SSSR count). The summed E-state index contributed by atoms with van der Waals surface area (Å²) >= 11 is 8.39. The maximum Gasteiger partial charge on any atom is 0.240 e. The molecule has 0 aromatic heterocycles. The number of nitrogens with two attached hydrogens (primary N) is 1. The van der Waals surface area contributed by atoms with Crippen molar-refractivity contribution in [2.24, 2.45) is 11.1 Å². The van der Waals surface area contributed by atoms with Crippen LogP contribution in [0.3, 0.4) is 0 Å². The molecule has 21 heavy (non-hydrogen) atoms. The van der Waals surface area contributed by atoms with Crippen LogP contribution in [0.15, 0.2) is 22.7 Å². The van der Waals surface area contributed by atoms with Crippen LogP contribution in [0, 0.1) is 5.41 Å². The maximum atomic E-state index is 12.8. The largest absolute Gasteiger partial charge is 0.389 e. The third-order valence-corrected chi connectivity index (χ3v) is 4.93. The molecule has 6 heteroatoms. The van der Waals surface area contributed by atoms with E-state index in [-0.39, 0.29) is 23.2 Å². The van der Waals surface area contributed by atoms with Crippen LogP contribution >= 0.6 is 28.1 Å². The van der Waals surface area contributed by atoms with Crippen molar-refractivity contribution < 1.29 is 9.59 Å². The lowest BCUT2D eigenvalue weighted by Crippen LogP contribution is -2.36. The van der Waals surface area contributed by atoms with Crippen molar-refractivity contribution in [1.82, 2.24) is 0 Å². The van der Waals surface area contributed by atoms with Crippen molar-refractivity contribution >= 4 is 50.6 Å². The fourth-order valence-electron chi connectivity index (χ4n) is 2.74. The van der Waals surface area contributed by atoms with Crippen LogP contribution in [-0.4, -0.2) is 16.8 Å². The predicted octanol–water partition coefficient (Wildman–Crippen LogP) is 3.15. The Balaban J connectivity index is 2.57. The number of carbonyl (C=O) groups is 2. The van der Waals surface area contributed by atoms with E-state index in [2.05, 4.69) is 15.9 Å². The fraction of sp³-hybridized carbons (Fsp3) is 0.400. The van der Waals surface area contributed by atoms with E-state index < -0.39 is 5.41 Å². The van der Waals surface area contributed by atoms with Gasteiger partial charge in [0.15, 0.2) is 0 Å². The molecule has 1 aromatic rings. The van der Waals surface area contributed by atoms with E-state index in [1.54, 1.807) is 18.2 Å². The highest BCUT2D eigenvalue weighted by Crippen LogP contribution is 2.42. The van der Waals surface area contributed by atoms with Gasteiger partial charge in [0.1, 0.15) is 4.99 Å². The molecule has 1 saturated heterocycles. The van der Waals surface area contributed by atoms with Crippen molar-refractivity contribution in [3.8, 4) is 0 Å². The Kier molecular flexibility index (Phi) is 4.49. The number of halogens is 1. The van der Waals surface area contributed by atoms with Gasteiger partial charge in [0.2, 0.25) is 11.8 Å². The second kappa shape index (κ2) is 5.85. The molecule has 0 saturated carbocycles. The molecule has 1 fully saturated rings. The lowest BCUT2D eigenvalue weighted by molar-refractivity contribution is -0.126. The van der Waals surface area contributed by atoms with Gasteiger partial charge in [-0.05, 0) is 31.0 Å². The minimum absolute atomic E-state index is 0.159. The number of anilines is 1. The van der Waals surface area contributed by atoms with Crippen molar-refractivity contribution in [3.05, 3.63) is 28.2 Å². The highest BCUT2D eigenvalue weighted by molar-refractivity contribution is 9.10. The van der Waals surface area contributed by atoms with Gasteiger partial charge in [0.25, 0.3) is 0 Å². The number of imide groups is 1. The molecule has 112 valence electrons. The number of hydrogen-bond acceptors (Lipinski definition) is 3. The highest BCUT2D eigenvalue weighted by Gasteiger charge is 2.50. The molecular formula is C15H17BrN2O2S. The van der Waals surface area contributed by atoms with E-state index in [0.717, 1.165) is 4.47 Å². The highest BCUT2D eigenvalue weighted by atomic mass is 79.9. The van der Waals surface area contributed by atoms with Gasteiger partial charge in [-0.3, -0.25) is 9.59 Å². The van der Waals surface area contributed by atoms with Gasteiger partial charge in [0, 0.05) is 16.5 Å². The summed E-state index contributed by atoms with van der Waals surface area (Å²) in [4.78, 5) is 26.6. The van der Waals surface area contributed by atoms with E-state index in [1.165, 1.54) is 4.90 Å². The number of benzene rings is 1. The average molecular weight is 369 g/mol. The summed E-state index contributed by atoms with van der Waals surface area (Å²) in [7, 11) is 0. The molecular weight excluding hydrogens is 352 g/mol. The zero-order valence-electron chi connectivity index (χ0n) is 12.0. The number of rotatable bonds is 4. The first-order valence-corrected chi connectivity index (χ1v) is 8.03. The number of hydrogen-bond donors (Lipinski definition) is 1. The summed E-state index contributed by atoms with van der Waals surface area (Å²) in [5, 5.41) is 0. The van der Waals surface area contributed by atoms with Gasteiger partial charge >= 0.3 is 0 Å². The first-order valence-electron chi connectivity index (χ1n) is 6.83. The zero-order valence-corrected chi connectivity index (χ0v) is 14.4. The number of carbonyl (C=O) groups excluding carboxylic acids is 2. The molecule has 1 aliphatic heterocycles. The molecule has 2 amide bonds. The van der Waals surface area contributed by atoms with E-state index in [1.807, 2.05) is 13.8 Å². The lowest BCUT2D eigenvalue weighted by atomic mass is 9.81. The van der Waals surface area contributed by atoms with Gasteiger partial charge < -0.3 is 5.73 Å². The first-order chi connectivity index (χ1) is 9.86. The number of nitrogens with zero attached hydrogens (tertiary/aromatic N) is 1. The Hall–Kier alpha value is -1.27.